The van der Waals surface area contributed by atoms with E-state index in [0.29, 0.717) is 12.0 Å². The monoisotopic (exact) mass is 330 g/mol. The Bertz CT molecular complexity index is 548. The molecule has 0 aromatic heterocycles. The van der Waals surface area contributed by atoms with Crippen LogP contribution in [0.4, 0.5) is 5.69 Å². The predicted octanol–water partition coefficient (Wildman–Crippen LogP) is 4.56. The summed E-state index contributed by atoms with van der Waals surface area (Å²) < 4.78 is 0. The van der Waals surface area contributed by atoms with Crippen molar-refractivity contribution >= 4 is 11.6 Å². The molecule has 1 atom stereocenters. The van der Waals surface area contributed by atoms with E-state index >= 15 is 0 Å². The van der Waals surface area contributed by atoms with Crippen molar-refractivity contribution in [2.75, 3.05) is 18.0 Å². The number of aryl methyl sites for hydroxylation is 1. The predicted molar refractivity (Wildman–Crippen MR) is 104 cm³/mol. The second-order valence-electron chi connectivity index (χ2n) is 8.22. The second-order valence-corrected chi connectivity index (χ2v) is 8.22. The van der Waals surface area contributed by atoms with Gasteiger partial charge in [-0.2, -0.15) is 0 Å². The number of hydrogen-bond donors (Lipinski definition) is 1. The molecule has 3 heteroatoms. The summed E-state index contributed by atoms with van der Waals surface area (Å²) >= 11 is 0. The third-order valence-corrected chi connectivity index (χ3v) is 4.17. The summed E-state index contributed by atoms with van der Waals surface area (Å²) in [5.74, 6) is -0.421. The van der Waals surface area contributed by atoms with Crippen LogP contribution < -0.4 is 10.6 Å². The lowest BCUT2D eigenvalue weighted by molar-refractivity contribution is -0.121. The quantitative estimate of drug-likeness (QED) is 0.710. The molecule has 2 N–H and O–H groups in total. The highest BCUT2D eigenvalue weighted by atomic mass is 16.1. The SMILES string of the molecule is CC(C)=CCN(CC(C)C(N)=O)c1ccc(CCC(C)(C)C)cc1. The molecule has 134 valence electrons. The fraction of sp³-hybridized carbons (Fsp3) is 0.571. The van der Waals surface area contributed by atoms with Gasteiger partial charge < -0.3 is 10.6 Å². The first-order valence-electron chi connectivity index (χ1n) is 8.85. The van der Waals surface area contributed by atoms with Gasteiger partial charge in [0, 0.05) is 18.8 Å². The third-order valence-electron chi connectivity index (χ3n) is 4.17. The highest BCUT2D eigenvalue weighted by molar-refractivity contribution is 5.77. The minimum atomic E-state index is -0.251. The van der Waals surface area contributed by atoms with Crippen LogP contribution in [0, 0.1) is 11.3 Å². The van der Waals surface area contributed by atoms with E-state index in [1.165, 1.54) is 17.6 Å². The van der Waals surface area contributed by atoms with Crippen LogP contribution in [0.25, 0.3) is 0 Å². The summed E-state index contributed by atoms with van der Waals surface area (Å²) in [5, 5.41) is 0. The van der Waals surface area contributed by atoms with Crippen molar-refractivity contribution in [3.8, 4) is 0 Å². The molecule has 0 radical (unpaired) electrons. The van der Waals surface area contributed by atoms with Crippen LogP contribution in [0.5, 0.6) is 0 Å². The van der Waals surface area contributed by atoms with E-state index in [1.54, 1.807) is 0 Å². The van der Waals surface area contributed by atoms with Gasteiger partial charge in [0.05, 0.1) is 5.92 Å². The normalized spacial score (nSPS) is 12.6. The van der Waals surface area contributed by atoms with Crippen LogP contribution in [0.2, 0.25) is 0 Å². The first kappa shape index (κ1) is 20.3. The van der Waals surface area contributed by atoms with Crippen molar-refractivity contribution in [2.45, 2.75) is 54.4 Å². The summed E-state index contributed by atoms with van der Waals surface area (Å²) in [6.45, 7) is 14.3. The fourth-order valence-electron chi connectivity index (χ4n) is 2.39. The summed E-state index contributed by atoms with van der Waals surface area (Å²) in [5.41, 5.74) is 9.56. The van der Waals surface area contributed by atoms with Crippen molar-refractivity contribution in [2.24, 2.45) is 17.1 Å². The zero-order valence-electron chi connectivity index (χ0n) is 16.2. The Balaban J connectivity index is 2.85. The molecule has 0 aliphatic carbocycles. The number of hydrogen-bond acceptors (Lipinski definition) is 2. The fourth-order valence-corrected chi connectivity index (χ4v) is 2.39. The van der Waals surface area contributed by atoms with Crippen molar-refractivity contribution < 1.29 is 4.79 Å². The molecule has 3 nitrogen and oxygen atoms in total. The Kier molecular flexibility index (Phi) is 7.53. The minimum Gasteiger partial charge on any atom is -0.369 e. The lowest BCUT2D eigenvalue weighted by atomic mass is 9.89. The minimum absolute atomic E-state index is 0.170. The second kappa shape index (κ2) is 8.91. The lowest BCUT2D eigenvalue weighted by Gasteiger charge is -2.26. The summed E-state index contributed by atoms with van der Waals surface area (Å²) in [7, 11) is 0. The molecule has 1 amide bonds. The highest BCUT2D eigenvalue weighted by Crippen LogP contribution is 2.23. The Morgan fingerprint density at radius 2 is 1.79 bits per heavy atom. The van der Waals surface area contributed by atoms with Crippen LogP contribution in [-0.4, -0.2) is 19.0 Å². The summed E-state index contributed by atoms with van der Waals surface area (Å²) in [6.07, 6.45) is 4.45. The average molecular weight is 331 g/mol. The molecule has 1 rings (SSSR count). The van der Waals surface area contributed by atoms with Crippen LogP contribution >= 0.6 is 0 Å². The van der Waals surface area contributed by atoms with E-state index in [1.807, 2.05) is 6.92 Å². The summed E-state index contributed by atoms with van der Waals surface area (Å²) in [6, 6.07) is 8.71. The molecule has 0 heterocycles. The van der Waals surface area contributed by atoms with E-state index in [-0.39, 0.29) is 11.8 Å². The molecule has 0 saturated heterocycles. The molecule has 1 aromatic rings. The van der Waals surface area contributed by atoms with Crippen LogP contribution in [0.1, 0.15) is 53.5 Å². The molecule has 24 heavy (non-hydrogen) atoms. The van der Waals surface area contributed by atoms with Gasteiger partial charge in [0.1, 0.15) is 0 Å². The molecule has 0 bridgehead atoms. The summed E-state index contributed by atoms with van der Waals surface area (Å²) in [4.78, 5) is 13.6. The van der Waals surface area contributed by atoms with E-state index in [2.05, 4.69) is 69.9 Å². The number of rotatable bonds is 8. The van der Waals surface area contributed by atoms with E-state index < -0.39 is 0 Å². The zero-order chi connectivity index (χ0) is 18.3. The van der Waals surface area contributed by atoms with E-state index in [9.17, 15) is 4.79 Å². The molecular formula is C21H34N2O. The number of benzene rings is 1. The number of carbonyl (C=O) groups is 1. The molecule has 0 spiro atoms. The highest BCUT2D eigenvalue weighted by Gasteiger charge is 2.15. The maximum absolute atomic E-state index is 11.4. The van der Waals surface area contributed by atoms with E-state index in [4.69, 9.17) is 5.73 Å². The van der Waals surface area contributed by atoms with Gasteiger partial charge in [-0.3, -0.25) is 4.79 Å². The van der Waals surface area contributed by atoms with Gasteiger partial charge >= 0.3 is 0 Å². The number of allylic oxidation sites excluding steroid dienone is 1. The number of primary amides is 1. The first-order chi connectivity index (χ1) is 11.1. The van der Waals surface area contributed by atoms with Crippen LogP contribution in [-0.2, 0) is 11.2 Å². The van der Waals surface area contributed by atoms with Crippen LogP contribution in [0.3, 0.4) is 0 Å². The van der Waals surface area contributed by atoms with Crippen molar-refractivity contribution in [3.63, 3.8) is 0 Å². The Labute approximate surface area is 147 Å². The Hall–Kier alpha value is -1.77. The topological polar surface area (TPSA) is 46.3 Å². The molecule has 0 aliphatic rings. The molecule has 0 saturated carbocycles. The molecule has 0 aliphatic heterocycles. The number of amides is 1. The van der Waals surface area contributed by atoms with Gasteiger partial charge in [-0.1, -0.05) is 51.5 Å². The maximum atomic E-state index is 11.4. The van der Waals surface area contributed by atoms with Crippen molar-refractivity contribution in [3.05, 3.63) is 41.5 Å². The van der Waals surface area contributed by atoms with Gasteiger partial charge in [-0.05, 0) is 49.8 Å². The van der Waals surface area contributed by atoms with Gasteiger partial charge in [0.15, 0.2) is 0 Å². The smallest absolute Gasteiger partial charge is 0.222 e. The lowest BCUT2D eigenvalue weighted by Crippen LogP contribution is -2.35. The number of nitrogens with two attached hydrogens (primary N) is 1. The Morgan fingerprint density at radius 1 is 1.21 bits per heavy atom. The van der Waals surface area contributed by atoms with Crippen molar-refractivity contribution in [1.29, 1.82) is 0 Å². The number of nitrogens with zero attached hydrogens (tertiary/aromatic N) is 1. The van der Waals surface area contributed by atoms with Gasteiger partial charge in [-0.15, -0.1) is 0 Å². The third kappa shape index (κ3) is 7.67. The average Bonchev–Trinajstić information content (AvgIpc) is 2.48. The van der Waals surface area contributed by atoms with Gasteiger partial charge in [-0.25, -0.2) is 0 Å². The van der Waals surface area contributed by atoms with Crippen molar-refractivity contribution in [1.82, 2.24) is 0 Å². The molecule has 0 fully saturated rings. The number of anilines is 1. The molecule has 1 aromatic carbocycles. The van der Waals surface area contributed by atoms with Crippen LogP contribution in [0.15, 0.2) is 35.9 Å². The maximum Gasteiger partial charge on any atom is 0.222 e. The first-order valence-corrected chi connectivity index (χ1v) is 8.85. The van der Waals surface area contributed by atoms with E-state index in [0.717, 1.165) is 18.7 Å². The van der Waals surface area contributed by atoms with Gasteiger partial charge in [0.2, 0.25) is 5.91 Å². The molecule has 1 unspecified atom stereocenters. The van der Waals surface area contributed by atoms with Gasteiger partial charge in [0.25, 0.3) is 0 Å². The zero-order valence-corrected chi connectivity index (χ0v) is 16.2. The molecular weight excluding hydrogens is 296 g/mol. The Morgan fingerprint density at radius 3 is 2.25 bits per heavy atom. The largest absolute Gasteiger partial charge is 0.369 e. The number of carbonyl (C=O) groups excluding carboxylic acids is 1. The standard InChI is InChI=1S/C21H34N2O/c1-16(2)12-14-23(15-17(3)20(22)24)19-9-7-18(8-10-19)11-13-21(4,5)6/h7-10,12,17H,11,13-15H2,1-6H3,(H2,22,24).